The lowest BCUT2D eigenvalue weighted by atomic mass is 10.2. The van der Waals surface area contributed by atoms with Crippen molar-refractivity contribution < 1.29 is 18.4 Å². The summed E-state index contributed by atoms with van der Waals surface area (Å²) < 4.78 is 33.2. The van der Waals surface area contributed by atoms with Gasteiger partial charge < -0.3 is 24.4 Å². The minimum atomic E-state index is -3.14. The summed E-state index contributed by atoms with van der Waals surface area (Å²) in [5.41, 5.74) is 2.72. The molecule has 3 heterocycles. The van der Waals surface area contributed by atoms with Crippen molar-refractivity contribution in [3.63, 3.8) is 0 Å². The molecule has 0 saturated carbocycles. The number of nitrogens with one attached hydrogen (secondary N) is 1. The second-order valence-electron chi connectivity index (χ2n) is 8.61. The van der Waals surface area contributed by atoms with Crippen molar-refractivity contribution >= 4 is 34.0 Å². The summed E-state index contributed by atoms with van der Waals surface area (Å²) >= 11 is 0. The van der Waals surface area contributed by atoms with E-state index in [0.717, 1.165) is 22.7 Å². The second-order valence-corrected chi connectivity index (χ2v) is 8.61. The molecule has 0 aliphatic rings. The van der Waals surface area contributed by atoms with Crippen molar-refractivity contribution in [1.29, 1.82) is 0 Å². The number of nitro groups is 1. The highest BCUT2D eigenvalue weighted by molar-refractivity contribution is 5.92. The summed E-state index contributed by atoms with van der Waals surface area (Å²) in [6.07, 6.45) is 5.05. The fourth-order valence-corrected chi connectivity index (χ4v) is 3.86. The number of rotatable bonds is 10. The molecule has 1 N–H and O–H groups in total. The first kappa shape index (κ1) is 25.7. The summed E-state index contributed by atoms with van der Waals surface area (Å²) in [7, 11) is 7.26. The van der Waals surface area contributed by atoms with Crippen LogP contribution < -0.4 is 15.0 Å². The lowest BCUT2D eigenvalue weighted by molar-refractivity contribution is -0.384. The molecule has 194 valence electrons. The number of halogens is 2. The van der Waals surface area contributed by atoms with Gasteiger partial charge in [-0.15, -0.1) is 0 Å². The number of pyridine rings is 1. The third kappa shape index (κ3) is 5.72. The maximum absolute atomic E-state index is 13.3. The van der Waals surface area contributed by atoms with E-state index in [9.17, 15) is 18.9 Å². The van der Waals surface area contributed by atoms with Gasteiger partial charge in [-0.3, -0.25) is 15.1 Å². The summed E-state index contributed by atoms with van der Waals surface area (Å²) in [5, 5.41) is 14.7. The van der Waals surface area contributed by atoms with E-state index in [1.807, 2.05) is 48.9 Å². The van der Waals surface area contributed by atoms with Crippen LogP contribution in [0.3, 0.4) is 0 Å². The van der Waals surface area contributed by atoms with Crippen LogP contribution in [0, 0.1) is 10.1 Å². The zero-order chi connectivity index (χ0) is 26.7. The average Bonchev–Trinajstić information content (AvgIpc) is 3.19. The van der Waals surface area contributed by atoms with E-state index >= 15 is 0 Å². The fourth-order valence-electron chi connectivity index (χ4n) is 3.86. The highest BCUT2D eigenvalue weighted by atomic mass is 19.3. The summed E-state index contributed by atoms with van der Waals surface area (Å²) in [5.74, 6) is -0.222. The summed E-state index contributed by atoms with van der Waals surface area (Å²) in [4.78, 5) is 27.9. The van der Waals surface area contributed by atoms with Crippen molar-refractivity contribution in [3.8, 4) is 17.0 Å². The number of anilines is 3. The lowest BCUT2D eigenvalue weighted by Gasteiger charge is -2.23. The summed E-state index contributed by atoms with van der Waals surface area (Å²) in [6, 6.07) is 7.82. The van der Waals surface area contributed by atoms with Gasteiger partial charge in [0.1, 0.15) is 5.69 Å². The first-order valence-electron chi connectivity index (χ1n) is 11.3. The van der Waals surface area contributed by atoms with Crippen LogP contribution in [-0.2, 0) is 7.05 Å². The molecule has 0 aliphatic heterocycles. The van der Waals surface area contributed by atoms with E-state index in [0.29, 0.717) is 18.8 Å². The van der Waals surface area contributed by atoms with Gasteiger partial charge in [-0.25, -0.2) is 9.97 Å². The molecule has 0 bridgehead atoms. The molecule has 0 radical (unpaired) electrons. The van der Waals surface area contributed by atoms with Crippen molar-refractivity contribution in [2.45, 2.75) is 6.61 Å². The largest absolute Gasteiger partial charge is 0.433 e. The van der Waals surface area contributed by atoms with E-state index in [4.69, 9.17) is 4.74 Å². The smallest absolute Gasteiger partial charge is 0.387 e. The topological polar surface area (TPSA) is 114 Å². The van der Waals surface area contributed by atoms with Crippen LogP contribution in [-0.4, -0.2) is 70.2 Å². The van der Waals surface area contributed by atoms with Gasteiger partial charge in [0.25, 0.3) is 5.69 Å². The monoisotopic (exact) mass is 512 g/mol. The Morgan fingerprint density at radius 1 is 1.16 bits per heavy atom. The van der Waals surface area contributed by atoms with E-state index in [1.165, 1.54) is 12.3 Å². The van der Waals surface area contributed by atoms with Gasteiger partial charge in [-0.05, 0) is 32.3 Å². The van der Waals surface area contributed by atoms with Crippen LogP contribution in [0.25, 0.3) is 22.3 Å². The predicted molar refractivity (Wildman–Crippen MR) is 137 cm³/mol. The number of likely N-dealkylation sites (N-methyl/N-ethyl adjacent to an activating group) is 2. The molecule has 0 amide bonds. The zero-order valence-corrected chi connectivity index (χ0v) is 20.7. The van der Waals surface area contributed by atoms with E-state index in [1.54, 1.807) is 24.2 Å². The van der Waals surface area contributed by atoms with E-state index < -0.39 is 11.5 Å². The number of fused-ring (bicyclic) bond motifs is 1. The van der Waals surface area contributed by atoms with Gasteiger partial charge in [0.05, 0.1) is 27.3 Å². The maximum atomic E-state index is 13.3. The Labute approximate surface area is 211 Å². The normalized spacial score (nSPS) is 11.4. The number of hydrogen-bond donors (Lipinski definition) is 1. The number of aryl methyl sites for hydroxylation is 1. The third-order valence-corrected chi connectivity index (χ3v) is 5.71. The molecule has 13 heteroatoms. The number of nitrogens with zero attached hydrogens (tertiary/aromatic N) is 7. The number of benzene rings is 1. The minimum Gasteiger partial charge on any atom is -0.433 e. The van der Waals surface area contributed by atoms with Gasteiger partial charge in [0, 0.05) is 63.5 Å². The quantitative estimate of drug-likeness (QED) is 0.246. The van der Waals surface area contributed by atoms with E-state index in [-0.39, 0.29) is 28.8 Å². The highest BCUT2D eigenvalue weighted by Gasteiger charge is 2.24. The lowest BCUT2D eigenvalue weighted by Crippen LogP contribution is -2.29. The number of nitro benzene ring substituents is 1. The first-order chi connectivity index (χ1) is 17.6. The molecule has 0 spiro atoms. The van der Waals surface area contributed by atoms with Crippen LogP contribution in [0.4, 0.5) is 31.8 Å². The maximum Gasteiger partial charge on any atom is 0.387 e. The van der Waals surface area contributed by atoms with Gasteiger partial charge in [-0.1, -0.05) is 0 Å². The third-order valence-electron chi connectivity index (χ3n) is 5.71. The van der Waals surface area contributed by atoms with Gasteiger partial charge >= 0.3 is 6.61 Å². The Balaban J connectivity index is 1.73. The molecular weight excluding hydrogens is 486 g/mol. The van der Waals surface area contributed by atoms with Crippen LogP contribution in [0.15, 0.2) is 48.9 Å². The standard InChI is InChI=1S/C24H26F2N8O3/c1-31(2)10-11-32(3)19-13-21(37-23(25)26)17(12-20(19)34(35)36)30-24-28-9-7-16(29-24)15-14-33(4)18-6-5-8-27-22(15)18/h5-9,12-14,23H,10-11H2,1-4H3,(H,28,29,30). The SMILES string of the molecule is CN(C)CCN(C)c1cc(OC(F)F)c(Nc2nccc(-c3cn(C)c4cccnc34)n2)cc1[N+](=O)[O-]. The Bertz CT molecular complexity index is 1430. The van der Waals surface area contributed by atoms with Gasteiger partial charge in [0.2, 0.25) is 5.95 Å². The number of alkyl halides is 2. The molecule has 1 aromatic carbocycles. The highest BCUT2D eigenvalue weighted by Crippen LogP contribution is 2.40. The molecule has 0 saturated heterocycles. The number of hydrogen-bond acceptors (Lipinski definition) is 9. The molecule has 0 fully saturated rings. The predicted octanol–water partition coefficient (Wildman–Crippen LogP) is 4.28. The van der Waals surface area contributed by atoms with Crippen LogP contribution in [0.5, 0.6) is 5.75 Å². The van der Waals surface area contributed by atoms with Crippen LogP contribution >= 0.6 is 0 Å². The fraction of sp³-hybridized carbons (Fsp3) is 0.292. The first-order valence-corrected chi connectivity index (χ1v) is 11.3. The van der Waals surface area contributed by atoms with Crippen molar-refractivity contribution in [2.24, 2.45) is 7.05 Å². The Morgan fingerprint density at radius 2 is 1.95 bits per heavy atom. The molecule has 0 atom stereocenters. The van der Waals surface area contributed by atoms with Crippen molar-refractivity contribution in [1.82, 2.24) is 24.4 Å². The zero-order valence-electron chi connectivity index (χ0n) is 20.7. The molecule has 3 aromatic heterocycles. The number of aromatic nitrogens is 4. The van der Waals surface area contributed by atoms with Gasteiger partial charge in [-0.2, -0.15) is 8.78 Å². The molecule has 4 aromatic rings. The molecular formula is C24H26F2N8O3. The Kier molecular flexibility index (Phi) is 7.43. The van der Waals surface area contributed by atoms with Crippen molar-refractivity contribution in [3.05, 3.63) is 59.0 Å². The molecule has 37 heavy (non-hydrogen) atoms. The average molecular weight is 513 g/mol. The van der Waals surface area contributed by atoms with Gasteiger partial charge in [0.15, 0.2) is 5.75 Å². The van der Waals surface area contributed by atoms with E-state index in [2.05, 4.69) is 20.3 Å². The van der Waals surface area contributed by atoms with Crippen LogP contribution in [0.2, 0.25) is 0 Å². The summed E-state index contributed by atoms with van der Waals surface area (Å²) in [6.45, 7) is -2.11. The van der Waals surface area contributed by atoms with Crippen LogP contribution in [0.1, 0.15) is 0 Å². The van der Waals surface area contributed by atoms with Crippen molar-refractivity contribution in [2.75, 3.05) is 44.4 Å². The Morgan fingerprint density at radius 3 is 2.65 bits per heavy atom. The molecule has 11 nitrogen and oxygen atoms in total. The molecule has 4 rings (SSSR count). The Hall–Kier alpha value is -4.39. The number of ether oxygens (including phenoxy) is 1. The minimum absolute atomic E-state index is 0.0487. The second kappa shape index (κ2) is 10.7. The molecule has 0 unspecified atom stereocenters. The molecule has 0 aliphatic carbocycles.